The first kappa shape index (κ1) is 14.3. The average molecular weight is 279 g/mol. The van der Waals surface area contributed by atoms with Gasteiger partial charge in [0.05, 0.1) is 11.8 Å². The molecular formula is C13H17N3O4. The third-order valence-electron chi connectivity index (χ3n) is 3.46. The maximum atomic E-state index is 12.1. The number of anilines is 1. The first-order valence-corrected chi connectivity index (χ1v) is 6.41. The van der Waals surface area contributed by atoms with Crippen molar-refractivity contribution in [3.05, 3.63) is 24.0 Å². The second kappa shape index (κ2) is 5.87. The van der Waals surface area contributed by atoms with Gasteiger partial charge in [0.25, 0.3) is 0 Å². The Morgan fingerprint density at radius 3 is 2.90 bits per heavy atom. The lowest BCUT2D eigenvalue weighted by molar-refractivity contribution is 0.0463. The number of amides is 2. The summed E-state index contributed by atoms with van der Waals surface area (Å²) in [6, 6.07) is 2.61. The van der Waals surface area contributed by atoms with Gasteiger partial charge in [-0.25, -0.2) is 14.6 Å². The molecule has 0 saturated carbocycles. The molecule has 2 rings (SSSR count). The average Bonchev–Trinajstić information content (AvgIpc) is 2.42. The Bertz CT molecular complexity index is 520. The van der Waals surface area contributed by atoms with Crippen LogP contribution < -0.4 is 5.32 Å². The minimum Gasteiger partial charge on any atom is -0.476 e. The SMILES string of the molecule is CC1CCN(C(=O)Nc2cccnc2C(=O)O)CC1O. The molecule has 0 aromatic carbocycles. The van der Waals surface area contributed by atoms with Crippen molar-refractivity contribution in [3.63, 3.8) is 0 Å². The zero-order chi connectivity index (χ0) is 14.7. The van der Waals surface area contributed by atoms with E-state index in [1.54, 1.807) is 6.07 Å². The zero-order valence-corrected chi connectivity index (χ0v) is 11.1. The Hall–Kier alpha value is -2.15. The van der Waals surface area contributed by atoms with Crippen LogP contribution in [-0.4, -0.2) is 51.3 Å². The van der Waals surface area contributed by atoms with E-state index in [1.807, 2.05) is 6.92 Å². The van der Waals surface area contributed by atoms with Gasteiger partial charge in [-0.3, -0.25) is 0 Å². The van der Waals surface area contributed by atoms with E-state index in [9.17, 15) is 14.7 Å². The molecule has 2 heterocycles. The number of β-amino-alcohol motifs (C(OH)–C–C–N with tert-alkyl or cyclic N) is 1. The van der Waals surface area contributed by atoms with Crippen molar-refractivity contribution >= 4 is 17.7 Å². The van der Waals surface area contributed by atoms with E-state index in [0.29, 0.717) is 13.0 Å². The van der Waals surface area contributed by atoms with Crippen LogP contribution in [0.1, 0.15) is 23.8 Å². The summed E-state index contributed by atoms with van der Waals surface area (Å²) >= 11 is 0. The number of rotatable bonds is 2. The third kappa shape index (κ3) is 3.05. The first-order valence-electron chi connectivity index (χ1n) is 6.41. The molecule has 3 N–H and O–H groups in total. The van der Waals surface area contributed by atoms with E-state index in [0.717, 1.165) is 0 Å². The van der Waals surface area contributed by atoms with Gasteiger partial charge in [-0.1, -0.05) is 6.92 Å². The highest BCUT2D eigenvalue weighted by Gasteiger charge is 2.27. The van der Waals surface area contributed by atoms with Gasteiger partial charge in [0.1, 0.15) is 0 Å². The normalized spacial score (nSPS) is 22.4. The number of hydrogen-bond acceptors (Lipinski definition) is 4. The number of hydrogen-bond donors (Lipinski definition) is 3. The predicted molar refractivity (Wildman–Crippen MR) is 71.6 cm³/mol. The summed E-state index contributed by atoms with van der Waals surface area (Å²) in [6.07, 6.45) is 1.51. The number of carbonyl (C=O) groups excluding carboxylic acids is 1. The number of pyridine rings is 1. The van der Waals surface area contributed by atoms with Crippen LogP contribution in [0.2, 0.25) is 0 Å². The number of carboxylic acids is 1. The molecular weight excluding hydrogens is 262 g/mol. The van der Waals surface area contributed by atoms with Gasteiger partial charge in [0.2, 0.25) is 0 Å². The second-order valence-electron chi connectivity index (χ2n) is 4.91. The first-order chi connectivity index (χ1) is 9.49. The van der Waals surface area contributed by atoms with Gasteiger partial charge < -0.3 is 20.4 Å². The van der Waals surface area contributed by atoms with E-state index in [-0.39, 0.29) is 23.8 Å². The van der Waals surface area contributed by atoms with Crippen molar-refractivity contribution in [1.29, 1.82) is 0 Å². The van der Waals surface area contributed by atoms with E-state index in [2.05, 4.69) is 10.3 Å². The van der Waals surface area contributed by atoms with E-state index in [1.165, 1.54) is 17.2 Å². The summed E-state index contributed by atoms with van der Waals surface area (Å²) in [5.41, 5.74) is -0.0510. The quantitative estimate of drug-likeness (QED) is 0.750. The standard InChI is InChI=1S/C13H17N3O4/c1-8-4-6-16(7-10(8)17)13(20)15-9-3-2-5-14-11(9)12(18)19/h2-3,5,8,10,17H,4,6-7H2,1H3,(H,15,20)(H,18,19). The highest BCUT2D eigenvalue weighted by molar-refractivity contribution is 5.98. The van der Waals surface area contributed by atoms with Gasteiger partial charge >= 0.3 is 12.0 Å². The predicted octanol–water partition coefficient (Wildman–Crippen LogP) is 1.01. The number of aliphatic hydroxyl groups excluding tert-OH is 1. The molecule has 2 unspecified atom stereocenters. The Morgan fingerprint density at radius 2 is 2.25 bits per heavy atom. The summed E-state index contributed by atoms with van der Waals surface area (Å²) in [5.74, 6) is -1.04. The highest BCUT2D eigenvalue weighted by Crippen LogP contribution is 2.19. The van der Waals surface area contributed by atoms with Crippen LogP contribution in [-0.2, 0) is 0 Å². The molecule has 1 fully saturated rings. The topological polar surface area (TPSA) is 103 Å². The smallest absolute Gasteiger partial charge is 0.356 e. The van der Waals surface area contributed by atoms with Crippen LogP contribution in [0.4, 0.5) is 10.5 Å². The zero-order valence-electron chi connectivity index (χ0n) is 11.1. The lowest BCUT2D eigenvalue weighted by Gasteiger charge is -2.34. The van der Waals surface area contributed by atoms with E-state index < -0.39 is 18.1 Å². The number of nitrogens with one attached hydrogen (secondary N) is 1. The number of carbonyl (C=O) groups is 2. The van der Waals surface area contributed by atoms with Crippen molar-refractivity contribution in [2.45, 2.75) is 19.4 Å². The fourth-order valence-corrected chi connectivity index (χ4v) is 2.10. The third-order valence-corrected chi connectivity index (χ3v) is 3.46. The van der Waals surface area contributed by atoms with Gasteiger partial charge in [-0.05, 0) is 24.5 Å². The summed E-state index contributed by atoms with van der Waals surface area (Å²) < 4.78 is 0. The number of nitrogens with zero attached hydrogens (tertiary/aromatic N) is 2. The Morgan fingerprint density at radius 1 is 1.50 bits per heavy atom. The maximum absolute atomic E-state index is 12.1. The maximum Gasteiger partial charge on any atom is 0.356 e. The van der Waals surface area contributed by atoms with Crippen molar-refractivity contribution in [3.8, 4) is 0 Å². The van der Waals surface area contributed by atoms with Crippen LogP contribution >= 0.6 is 0 Å². The molecule has 0 spiro atoms. The van der Waals surface area contributed by atoms with Crippen molar-refractivity contribution in [1.82, 2.24) is 9.88 Å². The lowest BCUT2D eigenvalue weighted by atomic mass is 9.96. The highest BCUT2D eigenvalue weighted by atomic mass is 16.4. The summed E-state index contributed by atoms with van der Waals surface area (Å²) in [6.45, 7) is 2.71. The van der Waals surface area contributed by atoms with Crippen LogP contribution in [0.5, 0.6) is 0 Å². The van der Waals surface area contributed by atoms with Crippen LogP contribution in [0.25, 0.3) is 0 Å². The molecule has 20 heavy (non-hydrogen) atoms. The lowest BCUT2D eigenvalue weighted by Crippen LogP contribution is -2.47. The molecule has 2 amide bonds. The number of aromatic carboxylic acids is 1. The Labute approximate surface area is 116 Å². The van der Waals surface area contributed by atoms with Crippen LogP contribution in [0, 0.1) is 5.92 Å². The summed E-state index contributed by atoms with van der Waals surface area (Å²) in [7, 11) is 0. The molecule has 1 saturated heterocycles. The molecule has 1 aromatic heterocycles. The van der Waals surface area contributed by atoms with Crippen LogP contribution in [0.15, 0.2) is 18.3 Å². The molecule has 0 aliphatic carbocycles. The monoisotopic (exact) mass is 279 g/mol. The molecule has 2 atom stereocenters. The Kier molecular flexibility index (Phi) is 4.19. The Balaban J connectivity index is 2.07. The van der Waals surface area contributed by atoms with Gasteiger partial charge in [-0.15, -0.1) is 0 Å². The number of piperidine rings is 1. The van der Waals surface area contributed by atoms with Gasteiger partial charge in [0.15, 0.2) is 5.69 Å². The number of urea groups is 1. The minimum absolute atomic E-state index is 0.151. The second-order valence-corrected chi connectivity index (χ2v) is 4.91. The molecule has 7 nitrogen and oxygen atoms in total. The molecule has 7 heteroatoms. The summed E-state index contributed by atoms with van der Waals surface area (Å²) in [4.78, 5) is 28.3. The number of likely N-dealkylation sites (tertiary alicyclic amines) is 1. The fraction of sp³-hybridized carbons (Fsp3) is 0.462. The van der Waals surface area contributed by atoms with E-state index >= 15 is 0 Å². The molecule has 0 bridgehead atoms. The molecule has 1 aliphatic heterocycles. The van der Waals surface area contributed by atoms with Crippen LogP contribution in [0.3, 0.4) is 0 Å². The summed E-state index contributed by atoms with van der Waals surface area (Å²) in [5, 5.41) is 21.3. The van der Waals surface area contributed by atoms with Gasteiger partial charge in [0, 0.05) is 19.3 Å². The van der Waals surface area contributed by atoms with Crippen molar-refractivity contribution < 1.29 is 19.8 Å². The number of aliphatic hydroxyl groups is 1. The number of aromatic nitrogens is 1. The molecule has 108 valence electrons. The largest absolute Gasteiger partial charge is 0.476 e. The minimum atomic E-state index is -1.20. The molecule has 1 aliphatic rings. The number of carboxylic acid groups (broad SMARTS) is 1. The van der Waals surface area contributed by atoms with Gasteiger partial charge in [-0.2, -0.15) is 0 Å². The van der Waals surface area contributed by atoms with Crippen molar-refractivity contribution in [2.75, 3.05) is 18.4 Å². The van der Waals surface area contributed by atoms with E-state index in [4.69, 9.17) is 5.11 Å². The molecule has 0 radical (unpaired) electrons. The fourth-order valence-electron chi connectivity index (χ4n) is 2.10. The van der Waals surface area contributed by atoms with Crippen molar-refractivity contribution in [2.24, 2.45) is 5.92 Å². The molecule has 1 aromatic rings.